The molecule has 0 unspecified atom stereocenters. The smallest absolute Gasteiger partial charge is 0.255 e. The highest BCUT2D eigenvalue weighted by Gasteiger charge is 2.09. The normalized spacial score (nSPS) is 10.7. The molecule has 3 nitrogen and oxygen atoms in total. The SMILES string of the molecule is Cc1c(Cl)cccc1NC(=O)c1ccc2[nH]ccc2c1. The molecular weight excluding hydrogens is 272 g/mol. The predicted molar refractivity (Wildman–Crippen MR) is 82.4 cm³/mol. The topological polar surface area (TPSA) is 44.9 Å². The molecule has 0 aliphatic carbocycles. The second kappa shape index (κ2) is 5.02. The maximum Gasteiger partial charge on any atom is 0.255 e. The molecule has 3 rings (SSSR count). The van der Waals surface area contributed by atoms with E-state index in [0.717, 1.165) is 22.2 Å². The molecule has 0 spiro atoms. The van der Waals surface area contributed by atoms with Crippen LogP contribution in [0.3, 0.4) is 0 Å². The molecule has 0 saturated carbocycles. The minimum atomic E-state index is -0.140. The fourth-order valence-corrected chi connectivity index (χ4v) is 2.31. The van der Waals surface area contributed by atoms with Crippen molar-refractivity contribution in [1.82, 2.24) is 4.98 Å². The van der Waals surface area contributed by atoms with E-state index < -0.39 is 0 Å². The van der Waals surface area contributed by atoms with Crippen LogP contribution in [0.15, 0.2) is 48.7 Å². The van der Waals surface area contributed by atoms with E-state index in [2.05, 4.69) is 10.3 Å². The maximum atomic E-state index is 12.3. The van der Waals surface area contributed by atoms with Gasteiger partial charge in [-0.25, -0.2) is 0 Å². The molecule has 0 bridgehead atoms. The minimum Gasteiger partial charge on any atom is -0.361 e. The molecule has 0 atom stereocenters. The summed E-state index contributed by atoms with van der Waals surface area (Å²) in [6.07, 6.45) is 1.85. The van der Waals surface area contributed by atoms with Gasteiger partial charge in [0, 0.05) is 33.4 Å². The summed E-state index contributed by atoms with van der Waals surface area (Å²) >= 11 is 6.05. The third kappa shape index (κ3) is 2.28. The number of amides is 1. The quantitative estimate of drug-likeness (QED) is 0.720. The minimum absolute atomic E-state index is 0.140. The van der Waals surface area contributed by atoms with Gasteiger partial charge in [-0.3, -0.25) is 4.79 Å². The number of anilines is 1. The van der Waals surface area contributed by atoms with E-state index in [0.29, 0.717) is 10.6 Å². The number of halogens is 1. The summed E-state index contributed by atoms with van der Waals surface area (Å²) in [6.45, 7) is 1.88. The Morgan fingerprint density at radius 1 is 1.20 bits per heavy atom. The van der Waals surface area contributed by atoms with E-state index >= 15 is 0 Å². The molecule has 4 heteroatoms. The van der Waals surface area contributed by atoms with Gasteiger partial charge in [-0.05, 0) is 48.9 Å². The van der Waals surface area contributed by atoms with E-state index in [9.17, 15) is 4.79 Å². The first kappa shape index (κ1) is 12.8. The number of nitrogens with one attached hydrogen (secondary N) is 2. The number of H-pyrrole nitrogens is 1. The Hall–Kier alpha value is -2.26. The van der Waals surface area contributed by atoms with Crippen molar-refractivity contribution >= 4 is 34.1 Å². The molecule has 0 aliphatic heterocycles. The molecule has 0 aliphatic rings. The summed E-state index contributed by atoms with van der Waals surface area (Å²) in [6, 6.07) is 13.0. The van der Waals surface area contributed by atoms with Crippen molar-refractivity contribution in [3.05, 3.63) is 64.8 Å². The zero-order valence-corrected chi connectivity index (χ0v) is 11.7. The van der Waals surface area contributed by atoms with Crippen molar-refractivity contribution in [3.63, 3.8) is 0 Å². The van der Waals surface area contributed by atoms with Gasteiger partial charge in [0.25, 0.3) is 5.91 Å². The number of hydrogen-bond donors (Lipinski definition) is 2. The van der Waals surface area contributed by atoms with E-state index in [1.165, 1.54) is 0 Å². The Morgan fingerprint density at radius 3 is 2.90 bits per heavy atom. The number of rotatable bonds is 2. The first-order valence-corrected chi connectivity index (χ1v) is 6.66. The van der Waals surface area contributed by atoms with Crippen LogP contribution in [-0.4, -0.2) is 10.9 Å². The highest BCUT2D eigenvalue weighted by molar-refractivity contribution is 6.31. The number of aromatic nitrogens is 1. The zero-order chi connectivity index (χ0) is 14.1. The fraction of sp³-hybridized carbons (Fsp3) is 0.0625. The van der Waals surface area contributed by atoms with Crippen molar-refractivity contribution in [2.45, 2.75) is 6.92 Å². The predicted octanol–water partition coefficient (Wildman–Crippen LogP) is 4.38. The molecule has 2 aromatic carbocycles. The monoisotopic (exact) mass is 284 g/mol. The molecule has 100 valence electrons. The van der Waals surface area contributed by atoms with Crippen LogP contribution in [0, 0.1) is 6.92 Å². The van der Waals surface area contributed by atoms with Crippen LogP contribution in [-0.2, 0) is 0 Å². The van der Waals surface area contributed by atoms with Gasteiger partial charge in [0.15, 0.2) is 0 Å². The Kier molecular flexibility index (Phi) is 3.20. The lowest BCUT2D eigenvalue weighted by molar-refractivity contribution is 0.102. The van der Waals surface area contributed by atoms with Gasteiger partial charge < -0.3 is 10.3 Å². The van der Waals surface area contributed by atoms with Gasteiger partial charge in [0.1, 0.15) is 0 Å². The molecule has 2 N–H and O–H groups in total. The third-order valence-electron chi connectivity index (χ3n) is 3.33. The molecule has 1 amide bonds. The largest absolute Gasteiger partial charge is 0.361 e. The summed E-state index contributed by atoms with van der Waals surface area (Å²) in [5, 5.41) is 4.55. The molecule has 3 aromatic rings. The number of carbonyl (C=O) groups is 1. The van der Waals surface area contributed by atoms with Gasteiger partial charge in [0.05, 0.1) is 0 Å². The lowest BCUT2D eigenvalue weighted by Gasteiger charge is -2.09. The van der Waals surface area contributed by atoms with Crippen LogP contribution in [0.25, 0.3) is 10.9 Å². The number of hydrogen-bond acceptors (Lipinski definition) is 1. The first-order valence-electron chi connectivity index (χ1n) is 6.29. The molecule has 0 fully saturated rings. The van der Waals surface area contributed by atoms with Crippen LogP contribution in [0.5, 0.6) is 0 Å². The van der Waals surface area contributed by atoms with Crippen molar-refractivity contribution in [1.29, 1.82) is 0 Å². The Balaban J connectivity index is 1.90. The Labute approximate surface area is 121 Å². The fourth-order valence-electron chi connectivity index (χ4n) is 2.13. The maximum absolute atomic E-state index is 12.3. The summed E-state index contributed by atoms with van der Waals surface area (Å²) in [4.78, 5) is 15.4. The van der Waals surface area contributed by atoms with Gasteiger partial charge in [-0.1, -0.05) is 17.7 Å². The molecule has 20 heavy (non-hydrogen) atoms. The average molecular weight is 285 g/mol. The number of benzene rings is 2. The highest BCUT2D eigenvalue weighted by atomic mass is 35.5. The van der Waals surface area contributed by atoms with Crippen LogP contribution in [0.4, 0.5) is 5.69 Å². The van der Waals surface area contributed by atoms with Crippen LogP contribution >= 0.6 is 11.6 Å². The number of carbonyl (C=O) groups excluding carboxylic acids is 1. The second-order valence-corrected chi connectivity index (χ2v) is 5.05. The summed E-state index contributed by atoms with van der Waals surface area (Å²) in [5.74, 6) is -0.140. The van der Waals surface area contributed by atoms with Crippen molar-refractivity contribution < 1.29 is 4.79 Å². The van der Waals surface area contributed by atoms with Crippen molar-refractivity contribution in [3.8, 4) is 0 Å². The summed E-state index contributed by atoms with van der Waals surface area (Å²) in [7, 11) is 0. The Morgan fingerprint density at radius 2 is 2.05 bits per heavy atom. The molecule has 1 aromatic heterocycles. The standard InChI is InChI=1S/C16H13ClN2O/c1-10-13(17)3-2-4-14(10)19-16(20)12-5-6-15-11(9-12)7-8-18-15/h2-9,18H,1H3,(H,19,20). The lowest BCUT2D eigenvalue weighted by Crippen LogP contribution is -2.12. The highest BCUT2D eigenvalue weighted by Crippen LogP contribution is 2.24. The van der Waals surface area contributed by atoms with E-state index in [1.54, 1.807) is 12.1 Å². The van der Waals surface area contributed by atoms with Gasteiger partial charge in [0.2, 0.25) is 0 Å². The summed E-state index contributed by atoms with van der Waals surface area (Å²) in [5.41, 5.74) is 3.24. The van der Waals surface area contributed by atoms with Crippen molar-refractivity contribution in [2.24, 2.45) is 0 Å². The van der Waals surface area contributed by atoms with Gasteiger partial charge in [-0.15, -0.1) is 0 Å². The van der Waals surface area contributed by atoms with Crippen molar-refractivity contribution in [2.75, 3.05) is 5.32 Å². The van der Waals surface area contributed by atoms with Crippen LogP contribution in [0.1, 0.15) is 15.9 Å². The third-order valence-corrected chi connectivity index (χ3v) is 3.74. The van der Waals surface area contributed by atoms with Gasteiger partial charge >= 0.3 is 0 Å². The number of fused-ring (bicyclic) bond motifs is 1. The molecule has 1 heterocycles. The second-order valence-electron chi connectivity index (χ2n) is 4.65. The lowest BCUT2D eigenvalue weighted by atomic mass is 10.1. The van der Waals surface area contributed by atoms with Crippen LogP contribution in [0.2, 0.25) is 5.02 Å². The molecule has 0 radical (unpaired) electrons. The average Bonchev–Trinajstić information content (AvgIpc) is 2.91. The van der Waals surface area contributed by atoms with Crippen LogP contribution < -0.4 is 5.32 Å². The Bertz CT molecular complexity index is 792. The van der Waals surface area contributed by atoms with Gasteiger partial charge in [-0.2, -0.15) is 0 Å². The van der Waals surface area contributed by atoms with E-state index in [4.69, 9.17) is 11.6 Å². The molecule has 0 saturated heterocycles. The van der Waals surface area contributed by atoms with E-state index in [-0.39, 0.29) is 5.91 Å². The first-order chi connectivity index (χ1) is 9.65. The zero-order valence-electron chi connectivity index (χ0n) is 10.9. The summed E-state index contributed by atoms with van der Waals surface area (Å²) < 4.78 is 0. The molecular formula is C16H13ClN2O. The van der Waals surface area contributed by atoms with E-state index in [1.807, 2.05) is 43.5 Å². The number of aromatic amines is 1.